The van der Waals surface area contributed by atoms with E-state index >= 15 is 0 Å². The van der Waals surface area contributed by atoms with Crippen LogP contribution in [0.2, 0.25) is 0 Å². The van der Waals surface area contributed by atoms with Gasteiger partial charge in [-0.05, 0) is 6.07 Å². The molecule has 0 unspecified atom stereocenters. The predicted octanol–water partition coefficient (Wildman–Crippen LogP) is 1.20. The fourth-order valence-corrected chi connectivity index (χ4v) is 0.881. The van der Waals surface area contributed by atoms with Crippen molar-refractivity contribution in [2.24, 2.45) is 5.73 Å². The van der Waals surface area contributed by atoms with Crippen molar-refractivity contribution in [1.29, 1.82) is 0 Å². The minimum absolute atomic E-state index is 0.0295. The van der Waals surface area contributed by atoms with Gasteiger partial charge in [0.05, 0.1) is 5.69 Å². The van der Waals surface area contributed by atoms with Gasteiger partial charge < -0.3 is 11.5 Å². The fourth-order valence-electron chi connectivity index (χ4n) is 0.881. The van der Waals surface area contributed by atoms with Crippen LogP contribution in [0.15, 0.2) is 6.07 Å². The van der Waals surface area contributed by atoms with E-state index in [1.807, 2.05) is 0 Å². The number of aromatic nitrogens is 1. The molecule has 0 fully saturated rings. The van der Waals surface area contributed by atoms with E-state index in [9.17, 15) is 13.2 Å². The molecule has 13 heavy (non-hydrogen) atoms. The summed E-state index contributed by atoms with van der Waals surface area (Å²) in [6.45, 7) is -0.119. The van der Waals surface area contributed by atoms with E-state index < -0.39 is 18.1 Å². The lowest BCUT2D eigenvalue weighted by molar-refractivity contribution is 0.145. The lowest BCUT2D eigenvalue weighted by Gasteiger charge is -2.06. The highest BCUT2D eigenvalue weighted by Crippen LogP contribution is 2.24. The second-order valence-corrected chi connectivity index (χ2v) is 2.42. The fraction of sp³-hybridized carbons (Fsp3) is 0.286. The van der Waals surface area contributed by atoms with Gasteiger partial charge in [-0.15, -0.1) is 0 Å². The van der Waals surface area contributed by atoms with Crippen molar-refractivity contribution in [2.75, 3.05) is 5.73 Å². The SMILES string of the molecule is NCc1cc(N)c(C(F)F)nc1F. The molecule has 1 aromatic rings. The molecule has 0 aliphatic heterocycles. The van der Waals surface area contributed by atoms with Gasteiger partial charge in [0.25, 0.3) is 6.43 Å². The van der Waals surface area contributed by atoms with Gasteiger partial charge in [-0.2, -0.15) is 4.39 Å². The van der Waals surface area contributed by atoms with Gasteiger partial charge in [-0.1, -0.05) is 0 Å². The number of hydrogen-bond acceptors (Lipinski definition) is 3. The third-order valence-electron chi connectivity index (χ3n) is 1.54. The summed E-state index contributed by atoms with van der Waals surface area (Å²) < 4.78 is 37.0. The minimum atomic E-state index is -2.87. The summed E-state index contributed by atoms with van der Waals surface area (Å²) in [5.41, 5.74) is 9.37. The van der Waals surface area contributed by atoms with Gasteiger partial charge in [-0.3, -0.25) is 0 Å². The number of pyridine rings is 1. The number of anilines is 1. The number of halogens is 3. The molecule has 0 radical (unpaired) electrons. The number of nitrogens with zero attached hydrogens (tertiary/aromatic N) is 1. The van der Waals surface area contributed by atoms with Gasteiger partial charge in [0.1, 0.15) is 5.69 Å². The molecule has 0 spiro atoms. The molecule has 1 aromatic heterocycles. The summed E-state index contributed by atoms with van der Waals surface area (Å²) >= 11 is 0. The van der Waals surface area contributed by atoms with Crippen molar-refractivity contribution >= 4 is 5.69 Å². The van der Waals surface area contributed by atoms with Crippen molar-refractivity contribution in [1.82, 2.24) is 4.98 Å². The monoisotopic (exact) mass is 191 g/mol. The van der Waals surface area contributed by atoms with Crippen LogP contribution in [0.5, 0.6) is 0 Å². The first kappa shape index (κ1) is 9.79. The van der Waals surface area contributed by atoms with Gasteiger partial charge in [0.2, 0.25) is 5.95 Å². The molecular formula is C7H8F3N3. The number of nitrogen functional groups attached to an aromatic ring is 1. The summed E-state index contributed by atoms with van der Waals surface area (Å²) in [5, 5.41) is 0. The molecule has 1 rings (SSSR count). The molecule has 0 aliphatic carbocycles. The molecular weight excluding hydrogens is 183 g/mol. The largest absolute Gasteiger partial charge is 0.397 e. The Bertz CT molecular complexity index is 314. The average Bonchev–Trinajstić information content (AvgIpc) is 2.07. The smallest absolute Gasteiger partial charge is 0.282 e. The average molecular weight is 191 g/mol. The first-order chi connectivity index (χ1) is 6.06. The highest BCUT2D eigenvalue weighted by Gasteiger charge is 2.16. The molecule has 0 saturated heterocycles. The van der Waals surface area contributed by atoms with Crippen LogP contribution in [0, 0.1) is 5.95 Å². The highest BCUT2D eigenvalue weighted by molar-refractivity contribution is 5.45. The van der Waals surface area contributed by atoms with Crippen LogP contribution in [0.1, 0.15) is 17.7 Å². The normalized spacial score (nSPS) is 10.8. The number of alkyl halides is 2. The van der Waals surface area contributed by atoms with E-state index in [1.165, 1.54) is 0 Å². The zero-order valence-electron chi connectivity index (χ0n) is 6.60. The summed E-state index contributed by atoms with van der Waals surface area (Å²) in [7, 11) is 0. The Morgan fingerprint density at radius 2 is 2.08 bits per heavy atom. The second-order valence-electron chi connectivity index (χ2n) is 2.42. The van der Waals surface area contributed by atoms with Crippen LogP contribution in [-0.4, -0.2) is 4.98 Å². The zero-order valence-corrected chi connectivity index (χ0v) is 6.60. The maximum Gasteiger partial charge on any atom is 0.282 e. The maximum atomic E-state index is 12.8. The molecule has 0 aliphatic rings. The van der Waals surface area contributed by atoms with Crippen molar-refractivity contribution < 1.29 is 13.2 Å². The molecule has 0 aromatic carbocycles. The quantitative estimate of drug-likeness (QED) is 0.690. The van der Waals surface area contributed by atoms with E-state index in [-0.39, 0.29) is 17.8 Å². The van der Waals surface area contributed by atoms with Crippen LogP contribution in [-0.2, 0) is 6.54 Å². The molecule has 0 saturated carbocycles. The van der Waals surface area contributed by atoms with E-state index in [2.05, 4.69) is 4.98 Å². The Hall–Kier alpha value is -1.30. The second kappa shape index (κ2) is 3.61. The summed E-state index contributed by atoms with van der Waals surface area (Å²) in [6.07, 6.45) is -2.87. The Morgan fingerprint density at radius 1 is 1.46 bits per heavy atom. The molecule has 3 nitrogen and oxygen atoms in total. The molecule has 4 N–H and O–H groups in total. The number of hydrogen-bond donors (Lipinski definition) is 2. The van der Waals surface area contributed by atoms with Gasteiger partial charge >= 0.3 is 0 Å². The Labute approximate surface area is 72.6 Å². The Balaban J connectivity index is 3.20. The Morgan fingerprint density at radius 3 is 2.54 bits per heavy atom. The van der Waals surface area contributed by atoms with E-state index in [1.54, 1.807) is 0 Å². The lowest BCUT2D eigenvalue weighted by atomic mass is 10.2. The maximum absolute atomic E-state index is 12.8. The van der Waals surface area contributed by atoms with Gasteiger partial charge in [0.15, 0.2) is 0 Å². The summed E-state index contributed by atoms with van der Waals surface area (Å²) in [4.78, 5) is 3.02. The van der Waals surface area contributed by atoms with Crippen molar-refractivity contribution in [3.8, 4) is 0 Å². The first-order valence-corrected chi connectivity index (χ1v) is 3.49. The molecule has 1 heterocycles. The van der Waals surface area contributed by atoms with Gasteiger partial charge in [-0.25, -0.2) is 13.8 Å². The zero-order chi connectivity index (χ0) is 10.0. The van der Waals surface area contributed by atoms with Crippen LogP contribution < -0.4 is 11.5 Å². The Kier molecular flexibility index (Phi) is 2.72. The van der Waals surface area contributed by atoms with Crippen molar-refractivity contribution in [3.05, 3.63) is 23.3 Å². The third kappa shape index (κ3) is 1.89. The standard InChI is InChI=1S/C7H8F3N3/c8-6(9)5-4(12)1-3(2-11)7(10)13-5/h1,6H,2,11-12H2. The van der Waals surface area contributed by atoms with E-state index in [4.69, 9.17) is 11.5 Å². The van der Waals surface area contributed by atoms with Gasteiger partial charge in [0, 0.05) is 12.1 Å². The topological polar surface area (TPSA) is 64.9 Å². The molecule has 0 amide bonds. The molecule has 0 atom stereocenters. The van der Waals surface area contributed by atoms with Crippen LogP contribution >= 0.6 is 0 Å². The molecule has 0 bridgehead atoms. The van der Waals surface area contributed by atoms with Crippen molar-refractivity contribution in [2.45, 2.75) is 13.0 Å². The number of rotatable bonds is 2. The molecule has 6 heteroatoms. The highest BCUT2D eigenvalue weighted by atomic mass is 19.3. The number of nitrogens with two attached hydrogens (primary N) is 2. The molecule has 72 valence electrons. The van der Waals surface area contributed by atoms with Crippen LogP contribution in [0.4, 0.5) is 18.9 Å². The van der Waals surface area contributed by atoms with Crippen LogP contribution in [0.25, 0.3) is 0 Å². The summed E-state index contributed by atoms with van der Waals surface area (Å²) in [5.74, 6) is -0.994. The first-order valence-electron chi connectivity index (χ1n) is 3.49. The predicted molar refractivity (Wildman–Crippen MR) is 41.5 cm³/mol. The third-order valence-corrected chi connectivity index (χ3v) is 1.54. The van der Waals surface area contributed by atoms with Crippen LogP contribution in [0.3, 0.4) is 0 Å². The van der Waals surface area contributed by atoms with E-state index in [0.717, 1.165) is 6.07 Å². The minimum Gasteiger partial charge on any atom is -0.397 e. The van der Waals surface area contributed by atoms with Crippen molar-refractivity contribution in [3.63, 3.8) is 0 Å². The van der Waals surface area contributed by atoms with E-state index in [0.29, 0.717) is 0 Å². The summed E-state index contributed by atoms with van der Waals surface area (Å²) in [6, 6.07) is 1.07. The lowest BCUT2D eigenvalue weighted by Crippen LogP contribution is -2.07.